The molecular weight excluding hydrogens is 858 g/mol. The van der Waals surface area contributed by atoms with E-state index in [0.717, 1.165) is 96.3 Å². The Balaban J connectivity index is 2.61. The Hall–Kier alpha value is -1.78. The van der Waals surface area contributed by atoms with Crippen LogP contribution >= 0.6 is 15.6 Å². The second kappa shape index (κ2) is 36.4. The molecule has 7 N–H and O–H groups in total. The summed E-state index contributed by atoms with van der Waals surface area (Å²) in [7, 11) is -10.7. The molecule has 63 heavy (non-hydrogen) atoms. The minimum absolute atomic E-state index is 0.0361. The minimum atomic E-state index is -5.36. The molecule has 0 heterocycles. The Bertz CT molecular complexity index is 1370. The molecule has 368 valence electrons. The lowest BCUT2D eigenvalue weighted by Crippen LogP contribution is -2.64. The van der Waals surface area contributed by atoms with Gasteiger partial charge in [0.05, 0.1) is 6.61 Å². The Morgan fingerprint density at radius 1 is 0.508 bits per heavy atom. The number of rotatable bonds is 39. The van der Waals surface area contributed by atoms with E-state index in [9.17, 15) is 44.0 Å². The summed E-state index contributed by atoms with van der Waals surface area (Å²) in [5, 5.41) is 41.2. The molecular formula is C45H82O16P2. The third kappa shape index (κ3) is 30.9. The number of phosphoric ester groups is 2. The molecule has 0 saturated heterocycles. The number of aliphatic hydroxyl groups excluding tert-OH is 4. The third-order valence-electron chi connectivity index (χ3n) is 10.7. The fourth-order valence-electron chi connectivity index (χ4n) is 6.99. The molecule has 0 aromatic heterocycles. The molecule has 0 aliphatic heterocycles. The standard InChI is InChI=1S/C45H82O16P2/c1-3-5-7-9-11-13-15-17-19-21-23-25-27-29-31-33-38(46)57-35-37(59-39(47)34-32-30-28-26-24-22-20-18-16-14-12-10-8-6-4-2)36-58-63(55,56)61-45-42(50)40(48)41(49)44(43(45)51)60-62(52,53)54/h11,13-14,16-17,19,37,40-45,48-51H,3-10,12,15,18,20-36H2,1-2H3,(H,55,56)(H2,52,53,54). The molecule has 1 rings (SSSR count). The van der Waals surface area contributed by atoms with Crippen molar-refractivity contribution in [1.29, 1.82) is 0 Å². The predicted molar refractivity (Wildman–Crippen MR) is 241 cm³/mol. The molecule has 16 nitrogen and oxygen atoms in total. The van der Waals surface area contributed by atoms with Crippen LogP contribution in [0.1, 0.15) is 181 Å². The molecule has 0 bridgehead atoms. The maximum absolute atomic E-state index is 13.0. The molecule has 0 spiro atoms. The monoisotopic (exact) mass is 941 g/mol. The number of unbranched alkanes of at least 4 members (excludes halogenated alkanes) is 19. The molecule has 0 amide bonds. The number of carbonyl (C=O) groups excluding carboxylic acids is 2. The van der Waals surface area contributed by atoms with Crippen LogP contribution < -0.4 is 0 Å². The second-order valence-electron chi connectivity index (χ2n) is 16.5. The van der Waals surface area contributed by atoms with Crippen LogP contribution in [0.15, 0.2) is 36.5 Å². The summed E-state index contributed by atoms with van der Waals surface area (Å²) in [4.78, 5) is 54.2. The van der Waals surface area contributed by atoms with Crippen molar-refractivity contribution < 1.29 is 76.9 Å². The van der Waals surface area contributed by atoms with Gasteiger partial charge in [0.1, 0.15) is 43.2 Å². The molecule has 8 unspecified atom stereocenters. The zero-order valence-corrected chi connectivity index (χ0v) is 39.8. The summed E-state index contributed by atoms with van der Waals surface area (Å²) in [5.74, 6) is -1.23. The summed E-state index contributed by atoms with van der Waals surface area (Å²) in [6, 6.07) is 0. The highest BCUT2D eigenvalue weighted by Crippen LogP contribution is 2.49. The van der Waals surface area contributed by atoms with Gasteiger partial charge in [-0.05, 0) is 70.6 Å². The van der Waals surface area contributed by atoms with E-state index in [2.05, 4.69) is 54.8 Å². The summed E-state index contributed by atoms with van der Waals surface area (Å²) in [6.45, 7) is 3.05. The molecule has 8 atom stereocenters. The van der Waals surface area contributed by atoms with Gasteiger partial charge in [-0.2, -0.15) is 0 Å². The summed E-state index contributed by atoms with van der Waals surface area (Å²) in [5.41, 5.74) is 0. The van der Waals surface area contributed by atoms with Crippen LogP contribution in [0.4, 0.5) is 0 Å². The Labute approximate surface area is 376 Å². The van der Waals surface area contributed by atoms with E-state index in [1.54, 1.807) is 0 Å². The Kier molecular flexibility index (Phi) is 34.2. The minimum Gasteiger partial charge on any atom is -0.462 e. The Morgan fingerprint density at radius 3 is 1.43 bits per heavy atom. The molecule has 18 heteroatoms. The van der Waals surface area contributed by atoms with Crippen LogP contribution in [-0.2, 0) is 41.8 Å². The van der Waals surface area contributed by atoms with Crippen molar-refractivity contribution in [1.82, 2.24) is 0 Å². The molecule has 1 aliphatic rings. The topological polar surface area (TPSA) is 256 Å². The fourth-order valence-corrected chi connectivity index (χ4v) is 8.53. The number of hydrogen-bond donors (Lipinski definition) is 7. The van der Waals surface area contributed by atoms with Crippen LogP contribution in [0.3, 0.4) is 0 Å². The molecule has 0 radical (unpaired) electrons. The van der Waals surface area contributed by atoms with Gasteiger partial charge in [-0.25, -0.2) is 9.13 Å². The van der Waals surface area contributed by atoms with E-state index in [4.69, 9.17) is 28.3 Å². The zero-order valence-electron chi connectivity index (χ0n) is 38.0. The average molecular weight is 941 g/mol. The van der Waals surface area contributed by atoms with Crippen molar-refractivity contribution in [2.24, 2.45) is 0 Å². The molecule has 1 fully saturated rings. The van der Waals surface area contributed by atoms with E-state index in [0.29, 0.717) is 12.8 Å². The number of ether oxygens (including phenoxy) is 2. The van der Waals surface area contributed by atoms with E-state index in [1.165, 1.54) is 44.9 Å². The van der Waals surface area contributed by atoms with Crippen LogP contribution in [0, 0.1) is 0 Å². The van der Waals surface area contributed by atoms with Crippen molar-refractivity contribution in [2.45, 2.75) is 224 Å². The number of allylic oxidation sites excluding steroid dienone is 6. The van der Waals surface area contributed by atoms with E-state index in [1.807, 2.05) is 0 Å². The first-order valence-electron chi connectivity index (χ1n) is 23.5. The molecule has 1 aliphatic carbocycles. The maximum Gasteiger partial charge on any atom is 0.472 e. The number of hydrogen-bond acceptors (Lipinski definition) is 13. The first-order chi connectivity index (χ1) is 30.1. The smallest absolute Gasteiger partial charge is 0.462 e. The van der Waals surface area contributed by atoms with Crippen molar-refractivity contribution >= 4 is 27.6 Å². The lowest BCUT2D eigenvalue weighted by molar-refractivity contribution is -0.216. The van der Waals surface area contributed by atoms with Crippen LogP contribution in [0.25, 0.3) is 0 Å². The summed E-state index contributed by atoms with van der Waals surface area (Å²) < 4.78 is 49.3. The van der Waals surface area contributed by atoms with Crippen molar-refractivity contribution in [3.8, 4) is 0 Å². The number of aliphatic hydroxyl groups is 4. The van der Waals surface area contributed by atoms with Crippen LogP contribution in [0.2, 0.25) is 0 Å². The SMILES string of the molecule is CCCCCC=CCC=CCCCCCCCC(=O)OCC(COP(=O)(O)OC1C(O)C(O)C(O)C(OP(=O)(O)O)C1O)OC(=O)CCCCCCCCCC=CCCCCCC. The largest absolute Gasteiger partial charge is 0.472 e. The summed E-state index contributed by atoms with van der Waals surface area (Å²) >= 11 is 0. The summed E-state index contributed by atoms with van der Waals surface area (Å²) in [6.07, 6.45) is 23.8. The zero-order chi connectivity index (χ0) is 46.8. The number of phosphoric acid groups is 2. The number of esters is 2. The fraction of sp³-hybridized carbons (Fsp3) is 0.822. The van der Waals surface area contributed by atoms with Crippen LogP contribution in [0.5, 0.6) is 0 Å². The van der Waals surface area contributed by atoms with Gasteiger partial charge in [0.25, 0.3) is 0 Å². The van der Waals surface area contributed by atoms with Gasteiger partial charge in [-0.1, -0.05) is 134 Å². The third-order valence-corrected chi connectivity index (χ3v) is 12.2. The quantitative estimate of drug-likeness (QED) is 0.0132. The highest BCUT2D eigenvalue weighted by atomic mass is 31.2. The molecule has 1 saturated carbocycles. The van der Waals surface area contributed by atoms with Gasteiger partial charge in [-0.15, -0.1) is 0 Å². The lowest BCUT2D eigenvalue weighted by Gasteiger charge is -2.43. The molecule has 0 aromatic carbocycles. The van der Waals surface area contributed by atoms with Crippen LogP contribution in [-0.4, -0.2) is 103 Å². The highest BCUT2D eigenvalue weighted by molar-refractivity contribution is 7.47. The second-order valence-corrected chi connectivity index (χ2v) is 19.1. The van der Waals surface area contributed by atoms with Crippen molar-refractivity contribution in [3.63, 3.8) is 0 Å². The molecule has 0 aromatic rings. The normalized spacial score (nSPS) is 22.2. The first kappa shape index (κ1) is 59.2. The lowest BCUT2D eigenvalue weighted by atomic mass is 9.85. The van der Waals surface area contributed by atoms with Gasteiger partial charge in [0.2, 0.25) is 0 Å². The number of carbonyl (C=O) groups is 2. The maximum atomic E-state index is 13.0. The van der Waals surface area contributed by atoms with Gasteiger partial charge in [0.15, 0.2) is 6.10 Å². The highest BCUT2D eigenvalue weighted by Gasteiger charge is 2.54. The van der Waals surface area contributed by atoms with E-state index in [-0.39, 0.29) is 12.8 Å². The predicted octanol–water partition coefficient (Wildman–Crippen LogP) is 8.73. The average Bonchev–Trinajstić information content (AvgIpc) is 3.23. The van der Waals surface area contributed by atoms with E-state index < -0.39 is 83.5 Å². The van der Waals surface area contributed by atoms with Gasteiger partial charge >= 0.3 is 27.6 Å². The van der Waals surface area contributed by atoms with Gasteiger partial charge < -0.3 is 44.6 Å². The Morgan fingerprint density at radius 2 is 0.921 bits per heavy atom. The van der Waals surface area contributed by atoms with Gasteiger partial charge in [0, 0.05) is 12.8 Å². The van der Waals surface area contributed by atoms with E-state index >= 15 is 0 Å². The first-order valence-corrected chi connectivity index (χ1v) is 26.6. The van der Waals surface area contributed by atoms with Crippen molar-refractivity contribution in [3.05, 3.63) is 36.5 Å². The van der Waals surface area contributed by atoms with Gasteiger partial charge in [-0.3, -0.25) is 23.2 Å². The van der Waals surface area contributed by atoms with Crippen molar-refractivity contribution in [2.75, 3.05) is 13.2 Å².